The van der Waals surface area contributed by atoms with Crippen LogP contribution in [0.4, 0.5) is 4.39 Å². The second-order valence-electron chi connectivity index (χ2n) is 7.11. The molecule has 0 spiro atoms. The fraction of sp³-hybridized carbons (Fsp3) is 0.526. The van der Waals surface area contributed by atoms with Gasteiger partial charge in [-0.3, -0.25) is 24.5 Å². The molecule has 4 atom stereocenters. The minimum Gasteiger partial charge on any atom is -0.453 e. The van der Waals surface area contributed by atoms with Gasteiger partial charge in [-0.1, -0.05) is 19.1 Å². The van der Waals surface area contributed by atoms with Crippen LogP contribution in [0.5, 0.6) is 0 Å². The normalized spacial score (nSPS) is 22.5. The number of Topliss-reactive ketones (excluding diaryl/α,β-unsaturated/α-hetero) is 1. The van der Waals surface area contributed by atoms with E-state index in [2.05, 4.69) is 5.32 Å². The average molecular weight is 394 g/mol. The van der Waals surface area contributed by atoms with Gasteiger partial charge in [0.1, 0.15) is 11.6 Å². The lowest BCUT2D eigenvalue weighted by atomic mass is 9.88. The van der Waals surface area contributed by atoms with Crippen molar-refractivity contribution >= 4 is 17.7 Å². The molecule has 2 rings (SSSR count). The summed E-state index contributed by atoms with van der Waals surface area (Å²) in [6, 6.07) is 5.58. The minimum absolute atomic E-state index is 0.143. The summed E-state index contributed by atoms with van der Waals surface area (Å²) in [5.41, 5.74) is 0.682. The van der Waals surface area contributed by atoms with Crippen LogP contribution in [0.1, 0.15) is 32.3 Å². The molecule has 1 aliphatic rings. The molecule has 9 heteroatoms. The monoisotopic (exact) mass is 394 g/mol. The predicted molar refractivity (Wildman–Crippen MR) is 96.0 cm³/mol. The summed E-state index contributed by atoms with van der Waals surface area (Å²) in [7, 11) is 0. The van der Waals surface area contributed by atoms with Gasteiger partial charge in [0.15, 0.2) is 6.10 Å². The Kier molecular flexibility index (Phi) is 7.19. The Morgan fingerprint density at radius 2 is 2.00 bits per heavy atom. The molecule has 0 saturated heterocycles. The quantitative estimate of drug-likeness (QED) is 0.409. The number of carbonyl (C=O) groups excluding carboxylic acids is 3. The van der Waals surface area contributed by atoms with Crippen LogP contribution in [0.25, 0.3) is 0 Å². The summed E-state index contributed by atoms with van der Waals surface area (Å²) >= 11 is 0. The number of hydrogen-bond acceptors (Lipinski definition) is 6. The summed E-state index contributed by atoms with van der Waals surface area (Å²) in [5.74, 6) is -3.31. The summed E-state index contributed by atoms with van der Waals surface area (Å²) < 4.78 is 18.0. The van der Waals surface area contributed by atoms with E-state index in [1.54, 1.807) is 6.92 Å². The van der Waals surface area contributed by atoms with Crippen LogP contribution in [-0.4, -0.2) is 35.2 Å². The van der Waals surface area contributed by atoms with Crippen LogP contribution >= 0.6 is 0 Å². The van der Waals surface area contributed by atoms with E-state index in [0.29, 0.717) is 5.56 Å². The van der Waals surface area contributed by atoms with Crippen molar-refractivity contribution in [2.45, 2.75) is 39.3 Å². The van der Waals surface area contributed by atoms with Crippen LogP contribution in [0.3, 0.4) is 0 Å². The number of carbonyl (C=O) groups is 3. The molecule has 0 radical (unpaired) electrons. The molecule has 152 valence electrons. The highest BCUT2D eigenvalue weighted by Gasteiger charge is 2.44. The van der Waals surface area contributed by atoms with Crippen molar-refractivity contribution in [3.63, 3.8) is 0 Å². The Morgan fingerprint density at radius 1 is 1.36 bits per heavy atom. The third-order valence-corrected chi connectivity index (χ3v) is 4.99. The van der Waals surface area contributed by atoms with E-state index in [1.165, 1.54) is 31.2 Å². The van der Waals surface area contributed by atoms with Crippen LogP contribution in [-0.2, 0) is 25.7 Å². The van der Waals surface area contributed by atoms with Gasteiger partial charge in [0, 0.05) is 29.7 Å². The van der Waals surface area contributed by atoms with Gasteiger partial charge in [0.05, 0.1) is 6.42 Å². The first kappa shape index (κ1) is 21.5. The Labute approximate surface area is 161 Å². The van der Waals surface area contributed by atoms with E-state index in [-0.39, 0.29) is 43.4 Å². The molecule has 0 aliphatic heterocycles. The molecule has 1 saturated carbocycles. The lowest BCUT2D eigenvalue weighted by molar-refractivity contribution is -0.490. The van der Waals surface area contributed by atoms with Gasteiger partial charge in [-0.2, -0.15) is 0 Å². The van der Waals surface area contributed by atoms with Gasteiger partial charge in [-0.05, 0) is 30.5 Å². The number of hydrogen-bond donors (Lipinski definition) is 1. The van der Waals surface area contributed by atoms with E-state index >= 15 is 0 Å². The van der Waals surface area contributed by atoms with Crippen LogP contribution < -0.4 is 5.32 Å². The van der Waals surface area contributed by atoms with Crippen molar-refractivity contribution in [2.75, 3.05) is 6.54 Å². The molecule has 0 unspecified atom stereocenters. The maximum atomic E-state index is 12.9. The highest BCUT2D eigenvalue weighted by molar-refractivity contribution is 5.89. The van der Waals surface area contributed by atoms with Crippen molar-refractivity contribution in [3.05, 3.63) is 45.8 Å². The van der Waals surface area contributed by atoms with Gasteiger partial charge in [0.2, 0.25) is 6.54 Å². The minimum atomic E-state index is -1.09. The predicted octanol–water partition coefficient (Wildman–Crippen LogP) is 1.88. The first-order chi connectivity index (χ1) is 13.2. The Hall–Kier alpha value is -2.84. The second kappa shape index (κ2) is 9.38. The number of rotatable bonds is 8. The standard InChI is InChI=1S/C19H23FN2O6/c1-11-7-17(23)15(16(11)10-22(26)27)8-18(24)28-12(2)19(25)21-9-13-3-5-14(20)6-4-13/h3-6,11-12,15-16H,7-10H2,1-2H3,(H,21,25)/t11-,12-,15-,16+/m0/s1. The molecule has 1 aliphatic carbocycles. The van der Waals surface area contributed by atoms with E-state index in [0.717, 1.165) is 0 Å². The molecular formula is C19H23FN2O6. The molecule has 1 fully saturated rings. The van der Waals surface area contributed by atoms with Crippen LogP contribution in [0, 0.1) is 33.7 Å². The van der Waals surface area contributed by atoms with Crippen LogP contribution in [0.15, 0.2) is 24.3 Å². The van der Waals surface area contributed by atoms with Crippen LogP contribution in [0.2, 0.25) is 0 Å². The third-order valence-electron chi connectivity index (χ3n) is 4.99. The maximum Gasteiger partial charge on any atom is 0.307 e. The number of amides is 1. The van der Waals surface area contributed by atoms with Gasteiger partial charge in [-0.15, -0.1) is 0 Å². The molecule has 28 heavy (non-hydrogen) atoms. The molecular weight excluding hydrogens is 371 g/mol. The van der Waals surface area contributed by atoms with E-state index in [9.17, 15) is 28.9 Å². The molecule has 1 aromatic carbocycles. The molecule has 1 amide bonds. The fourth-order valence-corrected chi connectivity index (χ4v) is 3.41. The molecule has 1 N–H and O–H groups in total. The lowest BCUT2D eigenvalue weighted by Crippen LogP contribution is -2.36. The van der Waals surface area contributed by atoms with Crippen molar-refractivity contribution in [3.8, 4) is 0 Å². The second-order valence-corrected chi connectivity index (χ2v) is 7.11. The zero-order chi connectivity index (χ0) is 20.8. The number of halogens is 1. The van der Waals surface area contributed by atoms with Gasteiger partial charge in [-0.25, -0.2) is 4.39 Å². The number of nitrogens with zero attached hydrogens (tertiary/aromatic N) is 1. The highest BCUT2D eigenvalue weighted by Crippen LogP contribution is 2.36. The largest absolute Gasteiger partial charge is 0.453 e. The third kappa shape index (κ3) is 5.83. The summed E-state index contributed by atoms with van der Waals surface area (Å²) in [5, 5.41) is 13.4. The average Bonchev–Trinajstić information content (AvgIpc) is 2.87. The molecule has 0 aromatic heterocycles. The molecule has 8 nitrogen and oxygen atoms in total. The number of nitro groups is 1. The van der Waals surface area contributed by atoms with Crippen molar-refractivity contribution in [1.29, 1.82) is 0 Å². The van der Waals surface area contributed by atoms with Crippen molar-refractivity contribution < 1.29 is 28.4 Å². The lowest BCUT2D eigenvalue weighted by Gasteiger charge is -2.18. The number of nitrogens with one attached hydrogen (secondary N) is 1. The Morgan fingerprint density at radius 3 is 2.61 bits per heavy atom. The first-order valence-electron chi connectivity index (χ1n) is 9.03. The Balaban J connectivity index is 1.85. The molecule has 1 aromatic rings. The van der Waals surface area contributed by atoms with Gasteiger partial charge < -0.3 is 10.1 Å². The van der Waals surface area contributed by atoms with Crippen molar-refractivity contribution in [2.24, 2.45) is 17.8 Å². The smallest absolute Gasteiger partial charge is 0.307 e. The number of benzene rings is 1. The fourth-order valence-electron chi connectivity index (χ4n) is 3.41. The molecule has 0 heterocycles. The van der Waals surface area contributed by atoms with E-state index < -0.39 is 34.7 Å². The maximum absolute atomic E-state index is 12.9. The highest BCUT2D eigenvalue weighted by atomic mass is 19.1. The van der Waals surface area contributed by atoms with Crippen molar-refractivity contribution in [1.82, 2.24) is 5.32 Å². The van der Waals surface area contributed by atoms with Gasteiger partial charge in [0.25, 0.3) is 5.91 Å². The topological polar surface area (TPSA) is 116 Å². The number of ketones is 1. The zero-order valence-electron chi connectivity index (χ0n) is 15.7. The summed E-state index contributed by atoms with van der Waals surface area (Å²) in [6.07, 6.45) is -1.17. The molecule has 0 bridgehead atoms. The van der Waals surface area contributed by atoms with E-state index in [4.69, 9.17) is 4.74 Å². The van der Waals surface area contributed by atoms with Gasteiger partial charge >= 0.3 is 5.97 Å². The SMILES string of the molecule is C[C@H](OC(=O)C[C@@H]1C(=O)C[C@H](C)[C@H]1C[N+](=O)[O-])C(=O)NCc1ccc(F)cc1. The summed E-state index contributed by atoms with van der Waals surface area (Å²) in [6.45, 7) is 2.91. The number of ether oxygens (including phenoxy) is 1. The first-order valence-corrected chi connectivity index (χ1v) is 9.03. The zero-order valence-corrected chi connectivity index (χ0v) is 15.7. The summed E-state index contributed by atoms with van der Waals surface area (Å²) in [4.78, 5) is 46.6. The number of esters is 1. The Bertz CT molecular complexity index is 751. The van der Waals surface area contributed by atoms with E-state index in [1.807, 2.05) is 0 Å².